The van der Waals surface area contributed by atoms with Gasteiger partial charge in [0.2, 0.25) is 10.0 Å². The highest BCUT2D eigenvalue weighted by Gasteiger charge is 2.35. The molecular formula is C34H36FN3O8S. The highest BCUT2D eigenvalue weighted by Crippen LogP contribution is 2.42. The number of carbonyl (C=O) groups excluding carboxylic acids is 2. The quantitative estimate of drug-likeness (QED) is 0.245. The standard InChI is InChI=1S/C34H36FN3O8S/c1-20-27-16-28-30(17-29(27)38(47(3,41)42)18-26(44-20)19-43-34(40)22-12-14-37-15-13-22)46-32(31(28)33(39)36-2)21-4-8-24(9-5-21)45-25-10-6-23(35)7-11-25/h4-11,16-17,20,22,26,37H,12-15,18-19H2,1-3H3,(H,36,39). The van der Waals surface area contributed by atoms with Gasteiger partial charge in [-0.05, 0) is 87.5 Å². The molecule has 0 bridgehead atoms. The van der Waals surface area contributed by atoms with Crippen LogP contribution in [0.15, 0.2) is 65.1 Å². The van der Waals surface area contributed by atoms with Gasteiger partial charge in [0.1, 0.15) is 41.4 Å². The lowest BCUT2D eigenvalue weighted by atomic mass is 9.99. The van der Waals surface area contributed by atoms with Gasteiger partial charge in [-0.3, -0.25) is 13.9 Å². The van der Waals surface area contributed by atoms with Crippen molar-refractivity contribution in [2.75, 3.05) is 43.8 Å². The molecule has 1 fully saturated rings. The Balaban J connectivity index is 1.33. The maximum atomic E-state index is 13.3. The second kappa shape index (κ2) is 13.3. The molecule has 3 heterocycles. The van der Waals surface area contributed by atoms with Gasteiger partial charge >= 0.3 is 5.97 Å². The van der Waals surface area contributed by atoms with Crippen LogP contribution in [0, 0.1) is 11.7 Å². The van der Waals surface area contributed by atoms with Gasteiger partial charge in [0, 0.05) is 29.6 Å². The lowest BCUT2D eigenvalue weighted by molar-refractivity contribution is -0.154. The molecule has 248 valence electrons. The first-order valence-corrected chi connectivity index (χ1v) is 17.2. The van der Waals surface area contributed by atoms with Crippen LogP contribution < -0.4 is 19.7 Å². The fraction of sp³-hybridized carbons (Fsp3) is 0.353. The van der Waals surface area contributed by atoms with Crippen molar-refractivity contribution in [1.82, 2.24) is 10.6 Å². The number of piperidine rings is 1. The molecule has 1 saturated heterocycles. The maximum Gasteiger partial charge on any atom is 0.309 e. The SMILES string of the molecule is CNC(=O)c1c(-c2ccc(Oc3ccc(F)cc3)cc2)oc2cc3c(cc12)C(C)OC(COC(=O)C1CCNCC1)CN3S(C)(=O)=O. The molecule has 11 nitrogen and oxygen atoms in total. The number of nitrogens with zero attached hydrogens (tertiary/aromatic N) is 1. The molecular weight excluding hydrogens is 629 g/mol. The van der Waals surface area contributed by atoms with Gasteiger partial charge in [0.05, 0.1) is 36.1 Å². The van der Waals surface area contributed by atoms with Crippen molar-refractivity contribution in [2.45, 2.75) is 32.0 Å². The average molecular weight is 666 g/mol. The molecule has 0 spiro atoms. The van der Waals surface area contributed by atoms with Gasteiger partial charge in [-0.1, -0.05) is 0 Å². The largest absolute Gasteiger partial charge is 0.463 e. The minimum Gasteiger partial charge on any atom is -0.463 e. The number of hydrogen-bond acceptors (Lipinski definition) is 9. The molecule has 0 radical (unpaired) electrons. The van der Waals surface area contributed by atoms with Gasteiger partial charge in [0.15, 0.2) is 0 Å². The lowest BCUT2D eigenvalue weighted by Gasteiger charge is -2.26. The van der Waals surface area contributed by atoms with E-state index in [1.807, 2.05) is 0 Å². The van der Waals surface area contributed by atoms with Crippen LogP contribution in [0.3, 0.4) is 0 Å². The number of nitrogens with one attached hydrogen (secondary N) is 2. The van der Waals surface area contributed by atoms with E-state index in [4.69, 9.17) is 18.6 Å². The molecule has 4 aromatic rings. The molecule has 1 amide bonds. The van der Waals surface area contributed by atoms with Gasteiger partial charge in [-0.2, -0.15) is 0 Å². The number of benzene rings is 3. The first-order chi connectivity index (χ1) is 22.5. The molecule has 0 saturated carbocycles. The molecule has 1 aromatic heterocycles. The Morgan fingerprint density at radius 3 is 2.34 bits per heavy atom. The topological polar surface area (TPSA) is 136 Å². The highest BCUT2D eigenvalue weighted by molar-refractivity contribution is 7.92. The van der Waals surface area contributed by atoms with E-state index in [-0.39, 0.29) is 42.2 Å². The predicted molar refractivity (Wildman–Crippen MR) is 174 cm³/mol. The lowest BCUT2D eigenvalue weighted by Crippen LogP contribution is -2.40. The molecule has 2 aliphatic rings. The number of esters is 1. The van der Waals surface area contributed by atoms with Crippen molar-refractivity contribution < 1.29 is 41.0 Å². The molecule has 13 heteroatoms. The highest BCUT2D eigenvalue weighted by atomic mass is 32.2. The van der Waals surface area contributed by atoms with E-state index < -0.39 is 28.1 Å². The molecule has 6 rings (SSSR count). The monoisotopic (exact) mass is 665 g/mol. The van der Waals surface area contributed by atoms with Crippen LogP contribution in [0.2, 0.25) is 0 Å². The van der Waals surface area contributed by atoms with E-state index >= 15 is 0 Å². The summed E-state index contributed by atoms with van der Waals surface area (Å²) in [5.41, 5.74) is 2.05. The zero-order chi connectivity index (χ0) is 33.3. The minimum absolute atomic E-state index is 0.0768. The summed E-state index contributed by atoms with van der Waals surface area (Å²) < 4.78 is 64.8. The van der Waals surface area contributed by atoms with Gasteiger partial charge in [0.25, 0.3) is 5.91 Å². The third-order valence-corrected chi connectivity index (χ3v) is 9.56. The van der Waals surface area contributed by atoms with E-state index in [2.05, 4.69) is 10.6 Å². The van der Waals surface area contributed by atoms with Gasteiger partial charge in [-0.25, -0.2) is 12.8 Å². The van der Waals surface area contributed by atoms with Gasteiger partial charge in [-0.15, -0.1) is 0 Å². The molecule has 2 atom stereocenters. The Kier molecular flexibility index (Phi) is 9.22. The zero-order valence-electron chi connectivity index (χ0n) is 26.2. The summed E-state index contributed by atoms with van der Waals surface area (Å²) in [4.78, 5) is 26.0. The molecule has 47 heavy (non-hydrogen) atoms. The van der Waals surface area contributed by atoms with E-state index in [0.29, 0.717) is 52.1 Å². The second-order valence-corrected chi connectivity index (χ2v) is 13.6. The van der Waals surface area contributed by atoms with Crippen molar-refractivity contribution in [3.8, 4) is 22.8 Å². The van der Waals surface area contributed by atoms with Crippen LogP contribution in [0.4, 0.5) is 10.1 Å². The van der Waals surface area contributed by atoms with Crippen molar-refractivity contribution in [2.24, 2.45) is 5.92 Å². The smallest absolute Gasteiger partial charge is 0.309 e. The number of amides is 1. The van der Waals surface area contributed by atoms with Crippen molar-refractivity contribution in [3.63, 3.8) is 0 Å². The Labute approximate surface area is 272 Å². The number of hydrogen-bond donors (Lipinski definition) is 2. The Morgan fingerprint density at radius 1 is 1.04 bits per heavy atom. The third-order valence-electron chi connectivity index (χ3n) is 8.41. The first kappa shape index (κ1) is 32.5. The van der Waals surface area contributed by atoms with Crippen molar-refractivity contribution >= 4 is 38.6 Å². The average Bonchev–Trinajstić information content (AvgIpc) is 3.37. The van der Waals surface area contributed by atoms with Crippen LogP contribution in [0.1, 0.15) is 41.8 Å². The molecule has 0 aliphatic carbocycles. The predicted octanol–water partition coefficient (Wildman–Crippen LogP) is 5.16. The molecule has 3 aromatic carbocycles. The van der Waals surface area contributed by atoms with Crippen LogP contribution in [0.25, 0.3) is 22.3 Å². The van der Waals surface area contributed by atoms with Crippen molar-refractivity contribution in [1.29, 1.82) is 0 Å². The number of fused-ring (bicyclic) bond motifs is 2. The molecule has 2 aliphatic heterocycles. The van der Waals surface area contributed by atoms with Crippen LogP contribution in [-0.4, -0.2) is 65.9 Å². The van der Waals surface area contributed by atoms with E-state index in [1.54, 1.807) is 43.3 Å². The first-order valence-electron chi connectivity index (χ1n) is 15.4. The number of rotatable bonds is 8. The van der Waals surface area contributed by atoms with E-state index in [9.17, 15) is 22.4 Å². The summed E-state index contributed by atoms with van der Waals surface area (Å²) in [6.45, 7) is 3.10. The summed E-state index contributed by atoms with van der Waals surface area (Å²) >= 11 is 0. The zero-order valence-corrected chi connectivity index (χ0v) is 27.1. The van der Waals surface area contributed by atoms with Crippen LogP contribution in [-0.2, 0) is 24.3 Å². The number of anilines is 1. The number of halogens is 1. The normalized spacial score (nSPS) is 18.8. The van der Waals surface area contributed by atoms with Crippen LogP contribution >= 0.6 is 0 Å². The Hall–Kier alpha value is -4.46. The fourth-order valence-electron chi connectivity index (χ4n) is 6.00. The molecule has 2 N–H and O–H groups in total. The fourth-order valence-corrected chi connectivity index (χ4v) is 6.95. The minimum atomic E-state index is -3.81. The summed E-state index contributed by atoms with van der Waals surface area (Å²) in [6, 6.07) is 15.8. The third kappa shape index (κ3) is 6.97. The number of furan rings is 1. The summed E-state index contributed by atoms with van der Waals surface area (Å²) in [7, 11) is -2.29. The Morgan fingerprint density at radius 2 is 1.70 bits per heavy atom. The van der Waals surface area contributed by atoms with E-state index in [1.165, 1.54) is 35.6 Å². The summed E-state index contributed by atoms with van der Waals surface area (Å²) in [5, 5.41) is 6.37. The number of sulfonamides is 1. The number of carbonyl (C=O) groups is 2. The summed E-state index contributed by atoms with van der Waals surface area (Å²) in [6.07, 6.45) is 1.14. The molecule has 2 unspecified atom stereocenters. The van der Waals surface area contributed by atoms with E-state index in [0.717, 1.165) is 19.3 Å². The van der Waals surface area contributed by atoms with Gasteiger partial charge < -0.3 is 29.3 Å². The second-order valence-electron chi connectivity index (χ2n) is 11.7. The number of ether oxygens (including phenoxy) is 3. The van der Waals surface area contributed by atoms with Crippen LogP contribution in [0.5, 0.6) is 11.5 Å². The maximum absolute atomic E-state index is 13.3. The van der Waals surface area contributed by atoms with Crippen molar-refractivity contribution in [3.05, 3.63) is 77.6 Å². The Bertz CT molecular complexity index is 1890. The summed E-state index contributed by atoms with van der Waals surface area (Å²) in [5.74, 6) is -0.0354.